The van der Waals surface area contributed by atoms with Crippen LogP contribution in [-0.4, -0.2) is 49.6 Å². The van der Waals surface area contributed by atoms with E-state index < -0.39 is 5.60 Å². The zero-order valence-electron chi connectivity index (χ0n) is 16.4. The lowest BCUT2D eigenvalue weighted by molar-refractivity contribution is -0.0162. The van der Waals surface area contributed by atoms with Crippen molar-refractivity contribution in [1.29, 1.82) is 5.26 Å². The molecule has 7 heteroatoms. The minimum atomic E-state index is -0.866. The number of piperidine rings is 1. The van der Waals surface area contributed by atoms with Gasteiger partial charge in [0.2, 0.25) is 0 Å². The number of pyridine rings is 1. The number of hydrogen-bond donors (Lipinski definition) is 1. The quantitative estimate of drug-likeness (QED) is 0.723. The summed E-state index contributed by atoms with van der Waals surface area (Å²) in [6.45, 7) is 0.924. The molecule has 30 heavy (non-hydrogen) atoms. The Morgan fingerprint density at radius 1 is 1.10 bits per heavy atom. The molecule has 0 aliphatic carbocycles. The van der Waals surface area contributed by atoms with Gasteiger partial charge in [-0.2, -0.15) is 5.26 Å². The van der Waals surface area contributed by atoms with Crippen LogP contribution in [0.3, 0.4) is 0 Å². The van der Waals surface area contributed by atoms with Gasteiger partial charge in [-0.05, 0) is 48.7 Å². The van der Waals surface area contributed by atoms with E-state index in [0.29, 0.717) is 54.9 Å². The number of carbonyl (C=O) groups is 1. The predicted octanol–water partition coefficient (Wildman–Crippen LogP) is 2.62. The van der Waals surface area contributed by atoms with Crippen molar-refractivity contribution in [2.75, 3.05) is 13.1 Å². The summed E-state index contributed by atoms with van der Waals surface area (Å²) in [5.74, 6) is -0.114. The Morgan fingerprint density at radius 3 is 2.53 bits per heavy atom. The van der Waals surface area contributed by atoms with Gasteiger partial charge in [0, 0.05) is 31.9 Å². The van der Waals surface area contributed by atoms with Crippen molar-refractivity contribution in [2.24, 2.45) is 0 Å². The molecule has 1 aliphatic rings. The molecule has 0 saturated carbocycles. The smallest absolute Gasteiger partial charge is 0.256 e. The van der Waals surface area contributed by atoms with Crippen molar-refractivity contribution in [3.63, 3.8) is 0 Å². The van der Waals surface area contributed by atoms with Crippen molar-refractivity contribution in [1.82, 2.24) is 19.9 Å². The molecule has 0 radical (unpaired) electrons. The molecule has 0 atom stereocenters. The third-order valence-corrected chi connectivity index (χ3v) is 5.46. The molecule has 0 spiro atoms. The van der Waals surface area contributed by atoms with Crippen LogP contribution in [0, 0.1) is 11.3 Å². The highest BCUT2D eigenvalue weighted by Gasteiger charge is 2.35. The minimum Gasteiger partial charge on any atom is -0.389 e. The zero-order valence-corrected chi connectivity index (χ0v) is 16.4. The third kappa shape index (κ3) is 4.19. The van der Waals surface area contributed by atoms with Gasteiger partial charge in [0.1, 0.15) is 12.0 Å². The summed E-state index contributed by atoms with van der Waals surface area (Å²) in [5.41, 5.74) is 2.34. The van der Waals surface area contributed by atoms with Crippen LogP contribution in [0.15, 0.2) is 61.2 Å². The molecule has 3 aromatic rings. The number of amides is 1. The summed E-state index contributed by atoms with van der Waals surface area (Å²) in [6.07, 6.45) is 6.17. The monoisotopic (exact) mass is 399 g/mol. The van der Waals surface area contributed by atoms with E-state index in [9.17, 15) is 9.90 Å². The Morgan fingerprint density at radius 2 is 1.87 bits per heavy atom. The van der Waals surface area contributed by atoms with E-state index in [2.05, 4.69) is 21.0 Å². The highest BCUT2D eigenvalue weighted by Crippen LogP contribution is 2.28. The molecule has 150 valence electrons. The van der Waals surface area contributed by atoms with Crippen LogP contribution in [0.25, 0.3) is 11.4 Å². The maximum absolute atomic E-state index is 13.2. The standard InChI is InChI=1S/C23H21N5O2/c24-15-18-5-3-17(4-6-18)14-23(30)8-12-28(13-9-23)22(29)19-2-1-10-26-21(19)20-7-11-25-16-27-20/h1-7,10-11,16,30H,8-9,12-14H2. The number of likely N-dealkylation sites (tertiary alicyclic amines) is 1. The lowest BCUT2D eigenvalue weighted by atomic mass is 9.85. The highest BCUT2D eigenvalue weighted by molar-refractivity contribution is 5.99. The van der Waals surface area contributed by atoms with E-state index in [0.717, 1.165) is 5.56 Å². The third-order valence-electron chi connectivity index (χ3n) is 5.46. The van der Waals surface area contributed by atoms with Crippen molar-refractivity contribution in [2.45, 2.75) is 24.9 Å². The van der Waals surface area contributed by atoms with E-state index in [1.807, 2.05) is 12.1 Å². The number of nitriles is 1. The van der Waals surface area contributed by atoms with Crippen LogP contribution in [0.1, 0.15) is 34.3 Å². The molecular formula is C23H21N5O2. The van der Waals surface area contributed by atoms with Gasteiger partial charge in [-0.15, -0.1) is 0 Å². The van der Waals surface area contributed by atoms with Crippen molar-refractivity contribution in [3.8, 4) is 17.5 Å². The SMILES string of the molecule is N#Cc1ccc(CC2(O)CCN(C(=O)c3cccnc3-c3ccncn3)CC2)cc1. The zero-order chi connectivity index (χ0) is 21.0. The summed E-state index contributed by atoms with van der Waals surface area (Å²) in [7, 11) is 0. The second-order valence-corrected chi connectivity index (χ2v) is 7.50. The average molecular weight is 399 g/mol. The number of rotatable bonds is 4. The summed E-state index contributed by atoms with van der Waals surface area (Å²) in [6, 6.07) is 14.6. The number of benzene rings is 1. The Bertz CT molecular complexity index is 1070. The first-order valence-electron chi connectivity index (χ1n) is 9.80. The van der Waals surface area contributed by atoms with Crippen molar-refractivity contribution >= 4 is 5.91 Å². The van der Waals surface area contributed by atoms with Gasteiger partial charge in [0.15, 0.2) is 0 Å². The second kappa shape index (κ2) is 8.39. The van der Waals surface area contributed by atoms with Gasteiger partial charge >= 0.3 is 0 Å². The first kappa shape index (κ1) is 19.7. The molecule has 1 fully saturated rings. The fourth-order valence-electron chi connectivity index (χ4n) is 3.76. The predicted molar refractivity (Wildman–Crippen MR) is 110 cm³/mol. The Balaban J connectivity index is 1.45. The van der Waals surface area contributed by atoms with Crippen molar-refractivity contribution < 1.29 is 9.90 Å². The van der Waals surface area contributed by atoms with Crippen molar-refractivity contribution in [3.05, 3.63) is 77.9 Å². The maximum atomic E-state index is 13.2. The lowest BCUT2D eigenvalue weighted by Gasteiger charge is -2.38. The number of aliphatic hydroxyl groups is 1. The molecule has 7 nitrogen and oxygen atoms in total. The number of carbonyl (C=O) groups excluding carboxylic acids is 1. The Labute approximate surface area is 174 Å². The Kier molecular flexibility index (Phi) is 5.50. The van der Waals surface area contributed by atoms with E-state index in [-0.39, 0.29) is 5.91 Å². The van der Waals surface area contributed by atoms with Gasteiger partial charge < -0.3 is 10.0 Å². The van der Waals surface area contributed by atoms with E-state index in [1.54, 1.807) is 47.6 Å². The maximum Gasteiger partial charge on any atom is 0.256 e. The molecule has 2 aromatic heterocycles. The Hall–Kier alpha value is -3.63. The van der Waals surface area contributed by atoms with Crippen LogP contribution >= 0.6 is 0 Å². The van der Waals surface area contributed by atoms with Crippen LogP contribution < -0.4 is 0 Å². The van der Waals surface area contributed by atoms with Gasteiger partial charge in [0.25, 0.3) is 5.91 Å². The van der Waals surface area contributed by atoms with E-state index >= 15 is 0 Å². The van der Waals surface area contributed by atoms with E-state index in [4.69, 9.17) is 5.26 Å². The minimum absolute atomic E-state index is 0.114. The molecule has 3 heterocycles. The normalized spacial score (nSPS) is 15.4. The number of hydrogen-bond acceptors (Lipinski definition) is 6. The van der Waals surface area contributed by atoms with Crippen LogP contribution in [0.4, 0.5) is 0 Å². The first-order valence-corrected chi connectivity index (χ1v) is 9.80. The largest absolute Gasteiger partial charge is 0.389 e. The molecule has 0 bridgehead atoms. The topological polar surface area (TPSA) is 103 Å². The molecule has 1 amide bonds. The van der Waals surface area contributed by atoms with Gasteiger partial charge in [-0.1, -0.05) is 12.1 Å². The van der Waals surface area contributed by atoms with Gasteiger partial charge in [-0.3, -0.25) is 9.78 Å². The molecular weight excluding hydrogens is 378 g/mol. The summed E-state index contributed by atoms with van der Waals surface area (Å²) < 4.78 is 0. The molecule has 1 saturated heterocycles. The van der Waals surface area contributed by atoms with E-state index in [1.165, 1.54) is 6.33 Å². The number of aromatic nitrogens is 3. The van der Waals surface area contributed by atoms with Crippen LogP contribution in [-0.2, 0) is 6.42 Å². The summed E-state index contributed by atoms with van der Waals surface area (Å²) >= 11 is 0. The first-order chi connectivity index (χ1) is 14.6. The highest BCUT2D eigenvalue weighted by atomic mass is 16.3. The van der Waals surface area contributed by atoms with Crippen LogP contribution in [0.2, 0.25) is 0 Å². The molecule has 1 N–H and O–H groups in total. The molecule has 4 rings (SSSR count). The summed E-state index contributed by atoms with van der Waals surface area (Å²) in [5, 5.41) is 19.9. The fourth-order valence-corrected chi connectivity index (χ4v) is 3.76. The van der Waals surface area contributed by atoms with Gasteiger partial charge in [0.05, 0.1) is 28.5 Å². The summed E-state index contributed by atoms with van der Waals surface area (Å²) in [4.78, 5) is 27.4. The molecule has 1 aromatic carbocycles. The fraction of sp³-hybridized carbons (Fsp3) is 0.261. The molecule has 0 unspecified atom stereocenters. The number of nitrogens with zero attached hydrogens (tertiary/aromatic N) is 5. The van der Waals surface area contributed by atoms with Crippen LogP contribution in [0.5, 0.6) is 0 Å². The lowest BCUT2D eigenvalue weighted by Crippen LogP contribution is -2.47. The average Bonchev–Trinajstić information content (AvgIpc) is 2.80. The molecule has 1 aliphatic heterocycles. The van der Waals surface area contributed by atoms with Gasteiger partial charge in [-0.25, -0.2) is 9.97 Å². The second-order valence-electron chi connectivity index (χ2n) is 7.50.